The van der Waals surface area contributed by atoms with Crippen LogP contribution in [0.25, 0.3) is 0 Å². The Morgan fingerprint density at radius 1 is 1.26 bits per heavy atom. The number of hydrogen-bond acceptors (Lipinski definition) is 3. The van der Waals surface area contributed by atoms with Crippen molar-refractivity contribution in [3.63, 3.8) is 0 Å². The molecule has 0 aliphatic carbocycles. The Morgan fingerprint density at radius 3 is 2.58 bits per heavy atom. The molecule has 4 heteroatoms. The van der Waals surface area contributed by atoms with Gasteiger partial charge in [0.1, 0.15) is 11.4 Å². The van der Waals surface area contributed by atoms with Crippen molar-refractivity contribution >= 4 is 6.09 Å². The first-order valence-electron chi connectivity index (χ1n) is 6.61. The first kappa shape index (κ1) is 13.7. The largest absolute Gasteiger partial charge is 0.494 e. The molecule has 0 bridgehead atoms. The monoisotopic (exact) mass is 263 g/mol. The molecule has 1 aromatic carbocycles. The number of carbonyl (C=O) groups excluding carboxylic acids is 1. The Kier molecular flexibility index (Phi) is 3.69. The zero-order valence-corrected chi connectivity index (χ0v) is 12.0. The van der Waals surface area contributed by atoms with Crippen molar-refractivity contribution in [2.75, 3.05) is 6.61 Å². The van der Waals surface area contributed by atoms with Crippen LogP contribution in [-0.2, 0) is 17.8 Å². The number of carbonyl (C=O) groups is 1. The number of fused-ring (bicyclic) bond motifs is 1. The average molecular weight is 263 g/mol. The Labute approximate surface area is 114 Å². The molecule has 1 aromatic rings. The summed E-state index contributed by atoms with van der Waals surface area (Å²) >= 11 is 0. The van der Waals surface area contributed by atoms with Gasteiger partial charge < -0.3 is 9.47 Å². The molecule has 0 aromatic heterocycles. The molecule has 1 heterocycles. The van der Waals surface area contributed by atoms with Crippen LogP contribution in [0, 0.1) is 0 Å². The van der Waals surface area contributed by atoms with Crippen molar-refractivity contribution in [1.82, 2.24) is 4.90 Å². The number of hydrogen-bond donors (Lipinski definition) is 0. The quantitative estimate of drug-likeness (QED) is 0.821. The van der Waals surface area contributed by atoms with Gasteiger partial charge in [0.2, 0.25) is 0 Å². The van der Waals surface area contributed by atoms with Crippen molar-refractivity contribution in [2.45, 2.75) is 46.4 Å². The van der Waals surface area contributed by atoms with Gasteiger partial charge in [-0.15, -0.1) is 0 Å². The number of ether oxygens (including phenoxy) is 2. The molecule has 0 fully saturated rings. The lowest BCUT2D eigenvalue weighted by molar-refractivity contribution is 0.0242. The zero-order valence-electron chi connectivity index (χ0n) is 12.0. The molecule has 0 saturated heterocycles. The summed E-state index contributed by atoms with van der Waals surface area (Å²) in [6, 6.07) is 5.97. The Hall–Kier alpha value is -1.71. The first-order valence-corrected chi connectivity index (χ1v) is 6.61. The standard InChI is InChI=1S/C15H21NO3/c1-5-18-13-7-6-11-9-16(10-12(11)8-13)14(17)19-15(2,3)4/h6-8H,5,9-10H2,1-4H3. The summed E-state index contributed by atoms with van der Waals surface area (Å²) in [5.74, 6) is 0.854. The van der Waals surface area contributed by atoms with E-state index in [-0.39, 0.29) is 6.09 Å². The molecule has 19 heavy (non-hydrogen) atoms. The molecule has 0 spiro atoms. The van der Waals surface area contributed by atoms with E-state index in [1.54, 1.807) is 4.90 Å². The zero-order chi connectivity index (χ0) is 14.0. The predicted molar refractivity (Wildman–Crippen MR) is 73.1 cm³/mol. The number of rotatable bonds is 2. The highest BCUT2D eigenvalue weighted by Crippen LogP contribution is 2.28. The summed E-state index contributed by atoms with van der Waals surface area (Å²) in [5, 5.41) is 0. The van der Waals surface area contributed by atoms with E-state index in [2.05, 4.69) is 0 Å². The van der Waals surface area contributed by atoms with Crippen LogP contribution in [0.5, 0.6) is 5.75 Å². The molecular weight excluding hydrogens is 242 g/mol. The highest BCUT2D eigenvalue weighted by atomic mass is 16.6. The number of nitrogens with zero attached hydrogens (tertiary/aromatic N) is 1. The molecule has 0 unspecified atom stereocenters. The van der Waals surface area contributed by atoms with Crippen LogP contribution in [0.4, 0.5) is 4.79 Å². The lowest BCUT2D eigenvalue weighted by Gasteiger charge is -2.24. The van der Waals surface area contributed by atoms with Gasteiger partial charge in [0.05, 0.1) is 6.61 Å². The first-order chi connectivity index (χ1) is 8.89. The van der Waals surface area contributed by atoms with E-state index >= 15 is 0 Å². The van der Waals surface area contributed by atoms with E-state index in [0.717, 1.165) is 16.9 Å². The second kappa shape index (κ2) is 5.11. The lowest BCUT2D eigenvalue weighted by Crippen LogP contribution is -2.33. The molecule has 2 rings (SSSR count). The van der Waals surface area contributed by atoms with Crippen LogP contribution >= 0.6 is 0 Å². The van der Waals surface area contributed by atoms with Crippen molar-refractivity contribution in [3.05, 3.63) is 29.3 Å². The molecule has 0 radical (unpaired) electrons. The van der Waals surface area contributed by atoms with Gasteiger partial charge in [-0.1, -0.05) is 6.07 Å². The van der Waals surface area contributed by atoms with Gasteiger partial charge in [0, 0.05) is 13.1 Å². The molecule has 4 nitrogen and oxygen atoms in total. The Balaban J connectivity index is 2.05. The average Bonchev–Trinajstić information content (AvgIpc) is 2.70. The molecule has 1 aliphatic rings. The Bertz CT molecular complexity index is 477. The maximum atomic E-state index is 12.0. The molecule has 0 N–H and O–H groups in total. The molecule has 104 valence electrons. The van der Waals surface area contributed by atoms with Crippen LogP contribution in [0.15, 0.2) is 18.2 Å². The minimum absolute atomic E-state index is 0.262. The summed E-state index contributed by atoms with van der Waals surface area (Å²) in [7, 11) is 0. The van der Waals surface area contributed by atoms with Gasteiger partial charge in [0.15, 0.2) is 0 Å². The van der Waals surface area contributed by atoms with Crippen molar-refractivity contribution in [1.29, 1.82) is 0 Å². The molecular formula is C15H21NO3. The predicted octanol–water partition coefficient (Wildman–Crippen LogP) is 3.34. The van der Waals surface area contributed by atoms with E-state index in [4.69, 9.17) is 9.47 Å². The third-order valence-corrected chi connectivity index (χ3v) is 2.86. The maximum absolute atomic E-state index is 12.0. The normalized spacial score (nSPS) is 14.2. The smallest absolute Gasteiger partial charge is 0.410 e. The molecule has 0 saturated carbocycles. The van der Waals surface area contributed by atoms with Gasteiger partial charge in [-0.25, -0.2) is 4.79 Å². The third-order valence-electron chi connectivity index (χ3n) is 2.86. The third kappa shape index (κ3) is 3.40. The van der Waals surface area contributed by atoms with Crippen molar-refractivity contribution in [2.24, 2.45) is 0 Å². The lowest BCUT2D eigenvalue weighted by atomic mass is 10.1. The van der Waals surface area contributed by atoms with E-state index < -0.39 is 5.60 Å². The fraction of sp³-hybridized carbons (Fsp3) is 0.533. The van der Waals surface area contributed by atoms with E-state index in [9.17, 15) is 4.79 Å². The topological polar surface area (TPSA) is 38.8 Å². The Morgan fingerprint density at radius 2 is 1.95 bits per heavy atom. The summed E-state index contributed by atoms with van der Waals surface area (Å²) in [6.07, 6.45) is -0.262. The highest BCUT2D eigenvalue weighted by molar-refractivity contribution is 5.69. The fourth-order valence-electron chi connectivity index (χ4n) is 2.08. The maximum Gasteiger partial charge on any atom is 0.410 e. The van der Waals surface area contributed by atoms with Crippen LogP contribution in [0.2, 0.25) is 0 Å². The fourth-order valence-corrected chi connectivity index (χ4v) is 2.08. The van der Waals surface area contributed by atoms with Gasteiger partial charge in [-0.2, -0.15) is 0 Å². The molecule has 0 atom stereocenters. The number of benzene rings is 1. The van der Waals surface area contributed by atoms with Crippen LogP contribution in [0.1, 0.15) is 38.8 Å². The van der Waals surface area contributed by atoms with Gasteiger partial charge in [0.25, 0.3) is 0 Å². The summed E-state index contributed by atoms with van der Waals surface area (Å²) in [6.45, 7) is 9.43. The summed E-state index contributed by atoms with van der Waals surface area (Å²) < 4.78 is 10.9. The molecule has 1 amide bonds. The van der Waals surface area contributed by atoms with E-state index in [1.165, 1.54) is 0 Å². The van der Waals surface area contributed by atoms with Crippen LogP contribution in [-0.4, -0.2) is 23.2 Å². The van der Waals surface area contributed by atoms with Gasteiger partial charge in [-0.05, 0) is 51.0 Å². The summed E-state index contributed by atoms with van der Waals surface area (Å²) in [4.78, 5) is 13.7. The van der Waals surface area contributed by atoms with Crippen molar-refractivity contribution < 1.29 is 14.3 Å². The van der Waals surface area contributed by atoms with E-state index in [1.807, 2.05) is 45.9 Å². The summed E-state index contributed by atoms with van der Waals surface area (Å²) in [5.41, 5.74) is 1.84. The second-order valence-corrected chi connectivity index (χ2v) is 5.70. The van der Waals surface area contributed by atoms with Crippen LogP contribution in [0.3, 0.4) is 0 Å². The van der Waals surface area contributed by atoms with Gasteiger partial charge in [-0.3, -0.25) is 4.90 Å². The van der Waals surface area contributed by atoms with Gasteiger partial charge >= 0.3 is 6.09 Å². The molecule has 1 aliphatic heterocycles. The van der Waals surface area contributed by atoms with Crippen molar-refractivity contribution in [3.8, 4) is 5.75 Å². The minimum atomic E-state index is -0.456. The van der Waals surface area contributed by atoms with E-state index in [0.29, 0.717) is 19.7 Å². The number of amides is 1. The second-order valence-electron chi connectivity index (χ2n) is 5.70. The highest BCUT2D eigenvalue weighted by Gasteiger charge is 2.27. The SMILES string of the molecule is CCOc1ccc2c(c1)CN(C(=O)OC(C)(C)C)C2. The van der Waals surface area contributed by atoms with Crippen LogP contribution < -0.4 is 4.74 Å². The minimum Gasteiger partial charge on any atom is -0.494 e.